The predicted octanol–water partition coefficient (Wildman–Crippen LogP) is 4.23. The van der Waals surface area contributed by atoms with Gasteiger partial charge in [0.2, 0.25) is 11.8 Å². The number of carbonyl (C=O) groups is 2. The van der Waals surface area contributed by atoms with Crippen LogP contribution in [0.4, 0.5) is 5.69 Å². The summed E-state index contributed by atoms with van der Waals surface area (Å²) in [7, 11) is 0. The van der Waals surface area contributed by atoms with Gasteiger partial charge in [0.15, 0.2) is 0 Å². The van der Waals surface area contributed by atoms with E-state index in [1.807, 2.05) is 30.3 Å². The summed E-state index contributed by atoms with van der Waals surface area (Å²) >= 11 is 0. The third kappa shape index (κ3) is 4.94. The zero-order valence-corrected chi connectivity index (χ0v) is 15.2. The molecule has 0 aromatic heterocycles. The Hall–Kier alpha value is -2.10. The van der Waals surface area contributed by atoms with Crippen LogP contribution in [0.1, 0.15) is 57.9 Å². The van der Waals surface area contributed by atoms with E-state index in [2.05, 4.69) is 17.1 Å². The van der Waals surface area contributed by atoms with Gasteiger partial charge in [-0.2, -0.15) is 0 Å². The first-order valence-corrected chi connectivity index (χ1v) is 9.41. The Morgan fingerprint density at radius 2 is 1.56 bits per heavy atom. The van der Waals surface area contributed by atoms with E-state index in [0.29, 0.717) is 12.1 Å². The van der Waals surface area contributed by atoms with E-state index >= 15 is 0 Å². The van der Waals surface area contributed by atoms with Gasteiger partial charge in [0, 0.05) is 30.8 Å². The number of rotatable bonds is 5. The molecular formula is C21H28N2O2. The van der Waals surface area contributed by atoms with E-state index < -0.39 is 0 Å². The average molecular weight is 340 g/mol. The van der Waals surface area contributed by atoms with Crippen molar-refractivity contribution in [1.82, 2.24) is 4.90 Å². The lowest BCUT2D eigenvalue weighted by Crippen LogP contribution is -2.42. The van der Waals surface area contributed by atoms with Gasteiger partial charge in [-0.1, -0.05) is 19.1 Å². The zero-order chi connectivity index (χ0) is 17.8. The Balaban J connectivity index is 1.62. The maximum atomic E-state index is 12.8. The fourth-order valence-corrected chi connectivity index (χ4v) is 3.67. The minimum absolute atomic E-state index is 0.0830. The van der Waals surface area contributed by atoms with E-state index in [9.17, 15) is 9.59 Å². The molecule has 0 radical (unpaired) electrons. The van der Waals surface area contributed by atoms with Crippen molar-refractivity contribution in [1.29, 1.82) is 0 Å². The van der Waals surface area contributed by atoms with Crippen LogP contribution < -0.4 is 5.32 Å². The van der Waals surface area contributed by atoms with Crippen LogP contribution in [-0.4, -0.2) is 28.8 Å². The molecule has 2 amide bonds. The number of hydrogen-bond acceptors (Lipinski definition) is 2. The van der Waals surface area contributed by atoms with Crippen LogP contribution in [0.5, 0.6) is 0 Å². The van der Waals surface area contributed by atoms with Gasteiger partial charge in [0.25, 0.3) is 0 Å². The van der Waals surface area contributed by atoms with Gasteiger partial charge in [-0.15, -0.1) is 0 Å². The molecule has 0 heterocycles. The summed E-state index contributed by atoms with van der Waals surface area (Å²) < 4.78 is 0. The molecule has 3 rings (SSSR count). The van der Waals surface area contributed by atoms with Crippen LogP contribution in [0, 0.1) is 5.92 Å². The van der Waals surface area contributed by atoms with Crippen LogP contribution in [0.2, 0.25) is 0 Å². The Morgan fingerprint density at radius 1 is 1.00 bits per heavy atom. The Labute approximate surface area is 150 Å². The van der Waals surface area contributed by atoms with E-state index in [4.69, 9.17) is 0 Å². The first kappa shape index (κ1) is 17.7. The SMILES string of the molecule is CC(=O)Nc1ccc(/C=C/C(=O)N(C2CCC(C)CC2)C2CC2)cc1. The molecule has 0 spiro atoms. The number of nitrogens with one attached hydrogen (secondary N) is 1. The van der Waals surface area contributed by atoms with Crippen molar-refractivity contribution >= 4 is 23.6 Å². The van der Waals surface area contributed by atoms with Crippen molar-refractivity contribution in [3.8, 4) is 0 Å². The van der Waals surface area contributed by atoms with Gasteiger partial charge in [0.05, 0.1) is 0 Å². The van der Waals surface area contributed by atoms with Crippen molar-refractivity contribution < 1.29 is 9.59 Å². The second-order valence-electron chi connectivity index (χ2n) is 7.53. The number of carbonyl (C=O) groups excluding carboxylic acids is 2. The second-order valence-corrected chi connectivity index (χ2v) is 7.53. The molecule has 1 N–H and O–H groups in total. The highest BCUT2D eigenvalue weighted by molar-refractivity contribution is 5.92. The molecule has 2 aliphatic carbocycles. The summed E-state index contributed by atoms with van der Waals surface area (Å²) in [4.78, 5) is 26.0. The highest BCUT2D eigenvalue weighted by Crippen LogP contribution is 2.35. The second kappa shape index (κ2) is 7.85. The van der Waals surface area contributed by atoms with E-state index in [-0.39, 0.29) is 11.8 Å². The highest BCUT2D eigenvalue weighted by atomic mass is 16.2. The molecule has 1 aromatic rings. The quantitative estimate of drug-likeness (QED) is 0.816. The minimum atomic E-state index is -0.0830. The van der Waals surface area contributed by atoms with Crippen LogP contribution in [0.3, 0.4) is 0 Å². The molecule has 0 unspecified atom stereocenters. The first-order valence-electron chi connectivity index (χ1n) is 9.41. The summed E-state index contributed by atoms with van der Waals surface area (Å²) in [6.45, 7) is 3.80. The number of benzene rings is 1. The van der Waals surface area contributed by atoms with Crippen LogP contribution in [0.15, 0.2) is 30.3 Å². The molecule has 2 saturated carbocycles. The van der Waals surface area contributed by atoms with E-state index in [1.165, 1.54) is 19.8 Å². The fraction of sp³-hybridized carbons (Fsp3) is 0.524. The third-order valence-electron chi connectivity index (χ3n) is 5.22. The van der Waals surface area contributed by atoms with Crippen LogP contribution in [-0.2, 0) is 9.59 Å². The van der Waals surface area contributed by atoms with Crippen molar-refractivity contribution in [3.63, 3.8) is 0 Å². The Morgan fingerprint density at radius 3 is 2.08 bits per heavy atom. The largest absolute Gasteiger partial charge is 0.333 e. The molecule has 4 nitrogen and oxygen atoms in total. The molecule has 25 heavy (non-hydrogen) atoms. The number of hydrogen-bond donors (Lipinski definition) is 1. The Kier molecular flexibility index (Phi) is 5.57. The highest BCUT2D eigenvalue weighted by Gasteiger charge is 2.37. The smallest absolute Gasteiger partial charge is 0.247 e. The first-order chi connectivity index (χ1) is 12.0. The molecule has 134 valence electrons. The Bertz CT molecular complexity index is 638. The number of nitrogens with zero attached hydrogens (tertiary/aromatic N) is 1. The van der Waals surface area contributed by atoms with Gasteiger partial charge >= 0.3 is 0 Å². The van der Waals surface area contributed by atoms with Gasteiger partial charge in [-0.05, 0) is 68.2 Å². The molecular weight excluding hydrogens is 312 g/mol. The molecule has 1 aromatic carbocycles. The van der Waals surface area contributed by atoms with Gasteiger partial charge in [-0.25, -0.2) is 0 Å². The molecule has 0 bridgehead atoms. The summed E-state index contributed by atoms with van der Waals surface area (Å²) in [5, 5.41) is 2.75. The van der Waals surface area contributed by atoms with Crippen LogP contribution >= 0.6 is 0 Å². The minimum Gasteiger partial charge on any atom is -0.333 e. The summed E-state index contributed by atoms with van der Waals surface area (Å²) in [6, 6.07) is 8.41. The molecule has 0 saturated heterocycles. The van der Waals surface area contributed by atoms with Crippen molar-refractivity contribution in [2.75, 3.05) is 5.32 Å². The van der Waals surface area contributed by atoms with E-state index in [1.54, 1.807) is 6.08 Å². The maximum Gasteiger partial charge on any atom is 0.247 e. The summed E-state index contributed by atoms with van der Waals surface area (Å²) in [5.74, 6) is 0.860. The van der Waals surface area contributed by atoms with Crippen molar-refractivity contribution in [2.45, 2.75) is 64.5 Å². The zero-order valence-electron chi connectivity index (χ0n) is 15.2. The predicted molar refractivity (Wildman–Crippen MR) is 101 cm³/mol. The topological polar surface area (TPSA) is 49.4 Å². The lowest BCUT2D eigenvalue weighted by Gasteiger charge is -2.36. The average Bonchev–Trinajstić information content (AvgIpc) is 3.41. The van der Waals surface area contributed by atoms with E-state index in [0.717, 1.165) is 42.9 Å². The normalized spacial score (nSPS) is 23.4. The molecule has 0 atom stereocenters. The number of anilines is 1. The molecule has 0 aliphatic heterocycles. The lowest BCUT2D eigenvalue weighted by atomic mass is 9.86. The standard InChI is InChI=1S/C21H28N2O2/c1-15-3-10-19(11-4-15)23(20-12-13-20)21(25)14-7-17-5-8-18(9-6-17)22-16(2)24/h5-9,14-15,19-20H,3-4,10-13H2,1-2H3,(H,22,24)/b14-7+. The molecule has 4 heteroatoms. The van der Waals surface area contributed by atoms with Gasteiger partial charge in [-0.3, -0.25) is 9.59 Å². The molecule has 2 fully saturated rings. The molecule has 2 aliphatic rings. The number of amides is 2. The van der Waals surface area contributed by atoms with Gasteiger partial charge in [0.1, 0.15) is 0 Å². The van der Waals surface area contributed by atoms with Crippen LogP contribution in [0.25, 0.3) is 6.08 Å². The van der Waals surface area contributed by atoms with Crippen molar-refractivity contribution in [3.05, 3.63) is 35.9 Å². The van der Waals surface area contributed by atoms with Gasteiger partial charge < -0.3 is 10.2 Å². The fourth-order valence-electron chi connectivity index (χ4n) is 3.67. The maximum absolute atomic E-state index is 12.8. The van der Waals surface area contributed by atoms with Crippen molar-refractivity contribution in [2.24, 2.45) is 5.92 Å². The monoisotopic (exact) mass is 340 g/mol. The summed E-state index contributed by atoms with van der Waals surface area (Å²) in [5.41, 5.74) is 1.74. The summed E-state index contributed by atoms with van der Waals surface area (Å²) in [6.07, 6.45) is 10.6. The third-order valence-corrected chi connectivity index (χ3v) is 5.22. The lowest BCUT2D eigenvalue weighted by molar-refractivity contribution is -0.129.